The fourth-order valence-corrected chi connectivity index (χ4v) is 3.08. The van der Waals surface area contributed by atoms with E-state index in [9.17, 15) is 5.11 Å². The Balaban J connectivity index is 2.47. The van der Waals surface area contributed by atoms with Crippen LogP contribution < -0.4 is 0 Å². The quantitative estimate of drug-likeness (QED) is 0.658. The minimum absolute atomic E-state index is 0.0591. The van der Waals surface area contributed by atoms with Crippen LogP contribution in [0.2, 0.25) is 0 Å². The molecule has 0 bridgehead atoms. The van der Waals surface area contributed by atoms with Crippen molar-refractivity contribution in [1.29, 1.82) is 0 Å². The smallest absolute Gasteiger partial charge is 0.0586 e. The molecule has 1 nitrogen and oxygen atoms in total. The molecule has 0 aliphatic carbocycles. The van der Waals surface area contributed by atoms with Gasteiger partial charge in [-0.2, -0.15) is 11.8 Å². The van der Waals surface area contributed by atoms with Crippen LogP contribution in [0.1, 0.15) is 33.6 Å². The molecule has 0 saturated carbocycles. The van der Waals surface area contributed by atoms with Gasteiger partial charge in [-0.15, -0.1) is 0 Å². The Morgan fingerprint density at radius 3 is 2.55 bits per heavy atom. The molecule has 1 aliphatic heterocycles. The van der Waals surface area contributed by atoms with Crippen molar-refractivity contribution in [2.45, 2.75) is 50.2 Å². The van der Waals surface area contributed by atoms with E-state index in [1.54, 1.807) is 0 Å². The van der Waals surface area contributed by atoms with Gasteiger partial charge in [0.25, 0.3) is 0 Å². The maximum absolute atomic E-state index is 9.64. The van der Waals surface area contributed by atoms with E-state index >= 15 is 0 Å². The van der Waals surface area contributed by atoms with E-state index < -0.39 is 0 Å². The Morgan fingerprint density at radius 1 is 1.45 bits per heavy atom. The Morgan fingerprint density at radius 2 is 2.09 bits per heavy atom. The third-order valence-electron chi connectivity index (χ3n) is 2.71. The fourth-order valence-electron chi connectivity index (χ4n) is 1.54. The first-order chi connectivity index (χ1) is 5.15. The van der Waals surface area contributed by atoms with Gasteiger partial charge in [-0.3, -0.25) is 0 Å². The van der Waals surface area contributed by atoms with Crippen molar-refractivity contribution < 1.29 is 5.11 Å². The predicted molar refractivity (Wildman–Crippen MR) is 50.9 cm³/mol. The average Bonchev–Trinajstić information content (AvgIpc) is 1.99. The number of thioether (sulfide) groups is 1. The second-order valence-corrected chi connectivity index (χ2v) is 5.22. The molecular formula is C9H18OS. The van der Waals surface area contributed by atoms with Crippen LogP contribution in [0.5, 0.6) is 0 Å². The van der Waals surface area contributed by atoms with Gasteiger partial charge in [0.2, 0.25) is 0 Å². The van der Waals surface area contributed by atoms with Gasteiger partial charge < -0.3 is 5.11 Å². The maximum Gasteiger partial charge on any atom is 0.0586 e. The van der Waals surface area contributed by atoms with Crippen molar-refractivity contribution in [2.75, 3.05) is 0 Å². The molecule has 1 aliphatic rings. The van der Waals surface area contributed by atoms with Gasteiger partial charge in [-0.25, -0.2) is 0 Å². The molecule has 2 heteroatoms. The second-order valence-electron chi connectivity index (χ2n) is 3.53. The first kappa shape index (κ1) is 9.40. The Bertz CT molecular complexity index is 115. The van der Waals surface area contributed by atoms with Crippen LogP contribution >= 0.6 is 11.8 Å². The van der Waals surface area contributed by atoms with Gasteiger partial charge in [0.1, 0.15) is 0 Å². The summed E-state index contributed by atoms with van der Waals surface area (Å²) in [5.41, 5.74) is 0. The van der Waals surface area contributed by atoms with E-state index in [4.69, 9.17) is 0 Å². The molecule has 1 fully saturated rings. The van der Waals surface area contributed by atoms with Crippen LogP contribution in [0, 0.1) is 5.92 Å². The monoisotopic (exact) mass is 174 g/mol. The lowest BCUT2D eigenvalue weighted by atomic mass is 9.96. The predicted octanol–water partition coefficient (Wildman–Crippen LogP) is 2.29. The van der Waals surface area contributed by atoms with Crippen molar-refractivity contribution in [3.63, 3.8) is 0 Å². The summed E-state index contributed by atoms with van der Waals surface area (Å²) in [4.78, 5) is 0. The van der Waals surface area contributed by atoms with E-state index in [1.807, 2.05) is 11.8 Å². The lowest BCUT2D eigenvalue weighted by Gasteiger charge is -2.35. The molecule has 1 saturated heterocycles. The van der Waals surface area contributed by atoms with Gasteiger partial charge in [-0.05, 0) is 18.8 Å². The molecule has 0 amide bonds. The van der Waals surface area contributed by atoms with E-state index in [0.717, 1.165) is 6.42 Å². The Labute approximate surface area is 73.6 Å². The third-order valence-corrected chi connectivity index (χ3v) is 4.48. The summed E-state index contributed by atoms with van der Waals surface area (Å²) in [5.74, 6) is 0.475. The molecule has 11 heavy (non-hydrogen) atoms. The van der Waals surface area contributed by atoms with E-state index in [1.165, 1.54) is 6.42 Å². The van der Waals surface area contributed by atoms with Crippen molar-refractivity contribution in [1.82, 2.24) is 0 Å². The summed E-state index contributed by atoms with van der Waals surface area (Å²) < 4.78 is 0. The van der Waals surface area contributed by atoms with Crippen LogP contribution in [0.4, 0.5) is 0 Å². The second kappa shape index (κ2) is 3.81. The Hall–Kier alpha value is 0.310. The number of aliphatic hydroxyl groups is 1. The highest BCUT2D eigenvalue weighted by atomic mass is 32.2. The van der Waals surface area contributed by atoms with Crippen molar-refractivity contribution >= 4 is 11.8 Å². The zero-order valence-electron chi connectivity index (χ0n) is 7.58. The van der Waals surface area contributed by atoms with Gasteiger partial charge in [0.05, 0.1) is 6.10 Å². The molecule has 4 atom stereocenters. The summed E-state index contributed by atoms with van der Waals surface area (Å²) in [6, 6.07) is 0. The minimum atomic E-state index is -0.0591. The Kier molecular flexibility index (Phi) is 3.26. The highest BCUT2D eigenvalue weighted by molar-refractivity contribution is 8.00. The summed E-state index contributed by atoms with van der Waals surface area (Å²) in [7, 11) is 0. The molecule has 0 radical (unpaired) electrons. The van der Waals surface area contributed by atoms with Gasteiger partial charge in [0.15, 0.2) is 0 Å². The molecule has 0 aromatic rings. The van der Waals surface area contributed by atoms with Crippen LogP contribution in [-0.4, -0.2) is 21.7 Å². The van der Waals surface area contributed by atoms with Gasteiger partial charge in [0, 0.05) is 10.5 Å². The minimum Gasteiger partial charge on any atom is -0.393 e. The standard InChI is InChI=1S/C9H18OS/c1-4-8-5-9(10)6(2)7(3)11-8/h6-10H,4-5H2,1-3H3/t6-,7-,8-,9+/m0/s1. The maximum atomic E-state index is 9.64. The van der Waals surface area contributed by atoms with Gasteiger partial charge >= 0.3 is 0 Å². The van der Waals surface area contributed by atoms with Crippen molar-refractivity contribution in [3.05, 3.63) is 0 Å². The summed E-state index contributed by atoms with van der Waals surface area (Å²) >= 11 is 2.04. The highest BCUT2D eigenvalue weighted by Crippen LogP contribution is 2.36. The SMILES string of the molecule is CC[C@H]1C[C@@H](O)[C@@H](C)[C@H](C)S1. The summed E-state index contributed by atoms with van der Waals surface area (Å²) in [5, 5.41) is 11.0. The van der Waals surface area contributed by atoms with E-state index in [2.05, 4.69) is 20.8 Å². The molecule has 0 spiro atoms. The summed E-state index contributed by atoms with van der Waals surface area (Å²) in [6.45, 7) is 6.57. The van der Waals surface area contributed by atoms with E-state index in [0.29, 0.717) is 16.4 Å². The van der Waals surface area contributed by atoms with Crippen molar-refractivity contribution in [3.8, 4) is 0 Å². The zero-order chi connectivity index (χ0) is 8.43. The number of rotatable bonds is 1. The number of hydrogen-bond acceptors (Lipinski definition) is 2. The van der Waals surface area contributed by atoms with Crippen molar-refractivity contribution in [2.24, 2.45) is 5.92 Å². The molecule has 0 aromatic carbocycles. The largest absolute Gasteiger partial charge is 0.393 e. The molecule has 1 heterocycles. The lowest BCUT2D eigenvalue weighted by Crippen LogP contribution is -2.34. The van der Waals surface area contributed by atoms with Crippen LogP contribution in [0.25, 0.3) is 0 Å². The molecule has 66 valence electrons. The first-order valence-corrected chi connectivity index (χ1v) is 5.43. The van der Waals surface area contributed by atoms with Crippen LogP contribution in [-0.2, 0) is 0 Å². The lowest BCUT2D eigenvalue weighted by molar-refractivity contribution is 0.101. The molecule has 1 rings (SSSR count). The zero-order valence-corrected chi connectivity index (χ0v) is 8.40. The molecule has 0 unspecified atom stereocenters. The normalized spacial score (nSPS) is 45.8. The number of aliphatic hydroxyl groups excluding tert-OH is 1. The van der Waals surface area contributed by atoms with Crippen LogP contribution in [0.15, 0.2) is 0 Å². The average molecular weight is 174 g/mol. The highest BCUT2D eigenvalue weighted by Gasteiger charge is 2.30. The third kappa shape index (κ3) is 2.12. The molecular weight excluding hydrogens is 156 g/mol. The number of hydrogen-bond donors (Lipinski definition) is 1. The van der Waals surface area contributed by atoms with Gasteiger partial charge in [-0.1, -0.05) is 20.8 Å². The molecule has 1 N–H and O–H groups in total. The molecule has 0 aromatic heterocycles. The summed E-state index contributed by atoms with van der Waals surface area (Å²) in [6.07, 6.45) is 2.13. The first-order valence-electron chi connectivity index (χ1n) is 4.48. The van der Waals surface area contributed by atoms with E-state index in [-0.39, 0.29) is 6.10 Å². The topological polar surface area (TPSA) is 20.2 Å². The fraction of sp³-hybridized carbons (Fsp3) is 1.00. The van der Waals surface area contributed by atoms with Crippen LogP contribution in [0.3, 0.4) is 0 Å².